The molecule has 0 saturated carbocycles. The van der Waals surface area contributed by atoms with Gasteiger partial charge in [0.15, 0.2) is 0 Å². The highest BCUT2D eigenvalue weighted by atomic mass is 16.2. The van der Waals surface area contributed by atoms with Gasteiger partial charge in [-0.2, -0.15) is 0 Å². The number of benzene rings is 1. The topological polar surface area (TPSA) is 71.9 Å². The lowest BCUT2D eigenvalue weighted by Gasteiger charge is -2.18. The number of para-hydroxylation sites is 1. The molecule has 0 aliphatic carbocycles. The van der Waals surface area contributed by atoms with Crippen LogP contribution in [0.5, 0.6) is 0 Å². The molecule has 1 amide bonds. The van der Waals surface area contributed by atoms with Gasteiger partial charge < -0.3 is 4.90 Å². The Labute approximate surface area is 174 Å². The van der Waals surface area contributed by atoms with Gasteiger partial charge >= 0.3 is 0 Å². The van der Waals surface area contributed by atoms with Gasteiger partial charge in [0.05, 0.1) is 11.1 Å². The predicted molar refractivity (Wildman–Crippen MR) is 115 cm³/mol. The number of pyridine rings is 2. The van der Waals surface area contributed by atoms with E-state index in [1.807, 2.05) is 60.6 Å². The summed E-state index contributed by atoms with van der Waals surface area (Å²) in [7, 11) is 0. The molecule has 0 radical (unpaired) electrons. The SMILES string of the molecule is Cc1cc(-c2cncnc2)cc([C@@H]2CCN(C(=O)c3cccc4cccnc34)C2)n1. The summed E-state index contributed by atoms with van der Waals surface area (Å²) in [4.78, 5) is 32.6. The van der Waals surface area contributed by atoms with Gasteiger partial charge in [-0.15, -0.1) is 0 Å². The number of rotatable bonds is 3. The van der Waals surface area contributed by atoms with Crippen molar-refractivity contribution in [1.29, 1.82) is 0 Å². The van der Waals surface area contributed by atoms with E-state index in [0.29, 0.717) is 18.7 Å². The van der Waals surface area contributed by atoms with E-state index in [4.69, 9.17) is 4.98 Å². The van der Waals surface area contributed by atoms with E-state index in [2.05, 4.69) is 21.0 Å². The van der Waals surface area contributed by atoms with Gasteiger partial charge in [-0.3, -0.25) is 14.8 Å². The molecule has 0 spiro atoms. The first-order valence-electron chi connectivity index (χ1n) is 10.1. The second kappa shape index (κ2) is 7.63. The number of aromatic nitrogens is 4. The Balaban J connectivity index is 1.41. The molecule has 1 aliphatic rings. The van der Waals surface area contributed by atoms with Crippen molar-refractivity contribution in [1.82, 2.24) is 24.8 Å². The van der Waals surface area contributed by atoms with Gasteiger partial charge in [-0.05, 0) is 43.2 Å². The van der Waals surface area contributed by atoms with Crippen molar-refractivity contribution in [2.24, 2.45) is 0 Å². The van der Waals surface area contributed by atoms with E-state index in [1.54, 1.807) is 6.20 Å². The van der Waals surface area contributed by atoms with Crippen LogP contribution in [0.15, 0.2) is 67.4 Å². The van der Waals surface area contributed by atoms with Gasteiger partial charge in [0.2, 0.25) is 0 Å². The van der Waals surface area contributed by atoms with Crippen molar-refractivity contribution in [3.8, 4) is 11.1 Å². The van der Waals surface area contributed by atoms with Crippen molar-refractivity contribution in [2.75, 3.05) is 13.1 Å². The van der Waals surface area contributed by atoms with E-state index in [-0.39, 0.29) is 11.8 Å². The van der Waals surface area contributed by atoms with Crippen LogP contribution in [0.3, 0.4) is 0 Å². The highest BCUT2D eigenvalue weighted by Crippen LogP contribution is 2.31. The molecule has 1 aliphatic heterocycles. The second-order valence-corrected chi connectivity index (χ2v) is 7.67. The number of likely N-dealkylation sites (tertiary alicyclic amines) is 1. The highest BCUT2D eigenvalue weighted by molar-refractivity contribution is 6.05. The molecule has 0 N–H and O–H groups in total. The largest absolute Gasteiger partial charge is 0.338 e. The number of aryl methyl sites for hydroxylation is 1. The average Bonchev–Trinajstić information content (AvgIpc) is 3.29. The van der Waals surface area contributed by atoms with E-state index >= 15 is 0 Å². The third-order valence-corrected chi connectivity index (χ3v) is 5.62. The van der Waals surface area contributed by atoms with Gasteiger partial charge in [-0.25, -0.2) is 9.97 Å². The quantitative estimate of drug-likeness (QED) is 0.524. The number of amides is 1. The molecular formula is C24H21N5O. The zero-order valence-electron chi connectivity index (χ0n) is 16.7. The van der Waals surface area contributed by atoms with E-state index in [9.17, 15) is 4.79 Å². The van der Waals surface area contributed by atoms with E-state index in [0.717, 1.165) is 39.8 Å². The zero-order valence-corrected chi connectivity index (χ0v) is 16.7. The highest BCUT2D eigenvalue weighted by Gasteiger charge is 2.30. The molecule has 1 saturated heterocycles. The van der Waals surface area contributed by atoms with Crippen LogP contribution in [-0.2, 0) is 0 Å². The number of hydrogen-bond donors (Lipinski definition) is 0. The Bertz CT molecular complexity index is 1220. The second-order valence-electron chi connectivity index (χ2n) is 7.67. The van der Waals surface area contributed by atoms with Crippen LogP contribution in [-0.4, -0.2) is 43.8 Å². The molecule has 1 atom stereocenters. The minimum Gasteiger partial charge on any atom is -0.338 e. The standard InChI is InChI=1S/C24H21N5O/c1-16-10-19(20-12-25-15-26-13-20)11-22(28-16)18-7-9-29(14-18)24(30)21-6-2-4-17-5-3-8-27-23(17)21/h2-6,8,10-13,15,18H,7,9,14H2,1H3/t18-/m1/s1. The summed E-state index contributed by atoms with van der Waals surface area (Å²) in [6.07, 6.45) is 7.77. The fourth-order valence-corrected chi connectivity index (χ4v) is 4.15. The lowest BCUT2D eigenvalue weighted by Crippen LogP contribution is -2.28. The first kappa shape index (κ1) is 18.4. The molecule has 4 aromatic rings. The minimum atomic E-state index is 0.0335. The summed E-state index contributed by atoms with van der Waals surface area (Å²) in [5, 5.41) is 0.981. The molecule has 3 aromatic heterocycles. The molecular weight excluding hydrogens is 374 g/mol. The van der Waals surface area contributed by atoms with Crippen LogP contribution in [0.25, 0.3) is 22.0 Å². The van der Waals surface area contributed by atoms with Crippen LogP contribution in [0.1, 0.15) is 34.1 Å². The van der Waals surface area contributed by atoms with Crippen molar-refractivity contribution >= 4 is 16.8 Å². The van der Waals surface area contributed by atoms with Crippen LogP contribution in [0.2, 0.25) is 0 Å². The van der Waals surface area contributed by atoms with E-state index in [1.165, 1.54) is 6.33 Å². The van der Waals surface area contributed by atoms with Crippen molar-refractivity contribution in [3.63, 3.8) is 0 Å². The Morgan fingerprint density at radius 1 is 1.07 bits per heavy atom. The lowest BCUT2D eigenvalue weighted by molar-refractivity contribution is 0.0792. The zero-order chi connectivity index (χ0) is 20.5. The summed E-state index contributed by atoms with van der Waals surface area (Å²) in [6.45, 7) is 3.37. The normalized spacial score (nSPS) is 16.2. The van der Waals surface area contributed by atoms with Crippen LogP contribution in [0, 0.1) is 6.92 Å². The Morgan fingerprint density at radius 3 is 2.77 bits per heavy atom. The average molecular weight is 395 g/mol. The maximum atomic E-state index is 13.2. The fourth-order valence-electron chi connectivity index (χ4n) is 4.15. The lowest BCUT2D eigenvalue weighted by atomic mass is 10.00. The fraction of sp³-hybridized carbons (Fsp3) is 0.208. The molecule has 0 bridgehead atoms. The number of nitrogens with zero attached hydrogens (tertiary/aromatic N) is 5. The maximum Gasteiger partial charge on any atom is 0.256 e. The van der Waals surface area contributed by atoms with Gasteiger partial charge in [0.1, 0.15) is 6.33 Å². The molecule has 1 fully saturated rings. The molecule has 4 heterocycles. The molecule has 6 nitrogen and oxygen atoms in total. The summed E-state index contributed by atoms with van der Waals surface area (Å²) in [6, 6.07) is 13.8. The first-order chi connectivity index (χ1) is 14.7. The molecule has 1 aromatic carbocycles. The van der Waals surface area contributed by atoms with Gasteiger partial charge in [-0.1, -0.05) is 18.2 Å². The maximum absolute atomic E-state index is 13.2. The minimum absolute atomic E-state index is 0.0335. The van der Waals surface area contributed by atoms with Crippen molar-refractivity contribution in [2.45, 2.75) is 19.3 Å². The third-order valence-electron chi connectivity index (χ3n) is 5.62. The molecule has 5 rings (SSSR count). The van der Waals surface area contributed by atoms with Gasteiger partial charge in [0, 0.05) is 59.9 Å². The smallest absolute Gasteiger partial charge is 0.256 e. The summed E-state index contributed by atoms with van der Waals surface area (Å²) >= 11 is 0. The molecule has 6 heteroatoms. The monoisotopic (exact) mass is 395 g/mol. The number of fused-ring (bicyclic) bond motifs is 1. The number of carbonyl (C=O) groups excluding carboxylic acids is 1. The van der Waals surface area contributed by atoms with Crippen LogP contribution in [0.4, 0.5) is 0 Å². The molecule has 0 unspecified atom stereocenters. The summed E-state index contributed by atoms with van der Waals surface area (Å²) in [5.41, 5.74) is 5.41. The van der Waals surface area contributed by atoms with Gasteiger partial charge in [0.25, 0.3) is 5.91 Å². The van der Waals surface area contributed by atoms with Crippen molar-refractivity contribution in [3.05, 3.63) is 84.3 Å². The summed E-state index contributed by atoms with van der Waals surface area (Å²) < 4.78 is 0. The number of hydrogen-bond acceptors (Lipinski definition) is 5. The molecule has 148 valence electrons. The predicted octanol–water partition coefficient (Wildman–Crippen LogP) is 4.02. The van der Waals surface area contributed by atoms with Crippen LogP contribution < -0.4 is 0 Å². The van der Waals surface area contributed by atoms with Crippen LogP contribution >= 0.6 is 0 Å². The Kier molecular flexibility index (Phi) is 4.67. The Morgan fingerprint density at radius 2 is 1.90 bits per heavy atom. The number of carbonyl (C=O) groups is 1. The molecule has 30 heavy (non-hydrogen) atoms. The van der Waals surface area contributed by atoms with Crippen molar-refractivity contribution < 1.29 is 4.79 Å². The summed E-state index contributed by atoms with van der Waals surface area (Å²) in [5.74, 6) is 0.242. The third kappa shape index (κ3) is 3.41. The first-order valence-corrected chi connectivity index (χ1v) is 10.1. The Hall–Kier alpha value is -3.67. The van der Waals surface area contributed by atoms with E-state index < -0.39 is 0 Å².